The Labute approximate surface area is 119 Å². The first-order valence-electron chi connectivity index (χ1n) is 6.03. The average Bonchev–Trinajstić information content (AvgIpc) is 2.46. The highest BCUT2D eigenvalue weighted by Gasteiger charge is 2.30. The third-order valence-corrected chi connectivity index (χ3v) is 2.82. The molecule has 2 rings (SSSR count). The van der Waals surface area contributed by atoms with E-state index < -0.39 is 17.6 Å². The van der Waals surface area contributed by atoms with Crippen molar-refractivity contribution in [2.75, 3.05) is 12.4 Å². The molecule has 0 radical (unpaired) electrons. The molecule has 0 atom stereocenters. The predicted molar refractivity (Wildman–Crippen MR) is 72.4 cm³/mol. The molecule has 0 heterocycles. The van der Waals surface area contributed by atoms with E-state index in [1.807, 2.05) is 0 Å². The summed E-state index contributed by atoms with van der Waals surface area (Å²) in [5, 5.41) is 2.53. The van der Waals surface area contributed by atoms with E-state index in [0.717, 1.165) is 12.1 Å². The number of alkyl halides is 3. The zero-order valence-electron chi connectivity index (χ0n) is 11.1. The van der Waals surface area contributed by atoms with E-state index in [9.17, 15) is 18.0 Å². The van der Waals surface area contributed by atoms with Gasteiger partial charge in [-0.1, -0.05) is 12.1 Å². The van der Waals surface area contributed by atoms with Gasteiger partial charge in [0.2, 0.25) is 0 Å². The van der Waals surface area contributed by atoms with Gasteiger partial charge in [-0.2, -0.15) is 13.2 Å². The zero-order valence-corrected chi connectivity index (χ0v) is 11.1. The summed E-state index contributed by atoms with van der Waals surface area (Å²) in [7, 11) is 1.43. The number of para-hydroxylation sites is 1. The lowest BCUT2D eigenvalue weighted by Crippen LogP contribution is -2.13. The average molecular weight is 295 g/mol. The molecule has 2 aromatic carbocycles. The summed E-state index contributed by atoms with van der Waals surface area (Å²) in [6, 6.07) is 10.8. The number of carbonyl (C=O) groups excluding carboxylic acids is 1. The summed E-state index contributed by atoms with van der Waals surface area (Å²) in [5.74, 6) is -0.0610. The first kappa shape index (κ1) is 14.9. The van der Waals surface area contributed by atoms with Crippen LogP contribution in [-0.4, -0.2) is 13.0 Å². The maximum Gasteiger partial charge on any atom is 0.416 e. The van der Waals surface area contributed by atoms with Crippen molar-refractivity contribution < 1.29 is 22.7 Å². The number of ether oxygens (including phenoxy) is 1. The molecular weight excluding hydrogens is 283 g/mol. The number of halogens is 3. The van der Waals surface area contributed by atoms with Gasteiger partial charge in [0.25, 0.3) is 5.91 Å². The number of rotatable bonds is 3. The Morgan fingerprint density at radius 1 is 1.05 bits per heavy atom. The number of carbonyl (C=O) groups is 1. The standard InChI is InChI=1S/C15H12F3NO2/c1-21-13-5-3-2-4-12(13)14(20)19-11-8-6-10(7-9-11)15(16,17)18/h2-9H,1H3,(H,19,20). The van der Waals surface area contributed by atoms with Crippen LogP contribution in [0.15, 0.2) is 48.5 Å². The van der Waals surface area contributed by atoms with Crippen molar-refractivity contribution >= 4 is 11.6 Å². The van der Waals surface area contributed by atoms with Crippen LogP contribution in [-0.2, 0) is 6.18 Å². The van der Waals surface area contributed by atoms with Gasteiger partial charge in [-0.05, 0) is 36.4 Å². The van der Waals surface area contributed by atoms with Gasteiger partial charge in [0.05, 0.1) is 18.2 Å². The molecule has 1 amide bonds. The normalized spacial score (nSPS) is 11.0. The van der Waals surface area contributed by atoms with Crippen molar-refractivity contribution in [3.8, 4) is 5.75 Å². The summed E-state index contributed by atoms with van der Waals surface area (Å²) in [5.41, 5.74) is -0.184. The Kier molecular flexibility index (Phi) is 4.16. The fraction of sp³-hybridized carbons (Fsp3) is 0.133. The number of anilines is 1. The highest BCUT2D eigenvalue weighted by Crippen LogP contribution is 2.30. The number of hydrogen-bond acceptors (Lipinski definition) is 2. The van der Waals surface area contributed by atoms with Gasteiger partial charge < -0.3 is 10.1 Å². The van der Waals surface area contributed by atoms with E-state index in [1.54, 1.807) is 24.3 Å². The van der Waals surface area contributed by atoms with Gasteiger partial charge >= 0.3 is 6.18 Å². The van der Waals surface area contributed by atoms with Gasteiger partial charge in [-0.15, -0.1) is 0 Å². The summed E-state index contributed by atoms with van der Waals surface area (Å²) in [4.78, 5) is 12.1. The number of methoxy groups -OCH3 is 1. The van der Waals surface area contributed by atoms with E-state index in [2.05, 4.69) is 5.32 Å². The minimum atomic E-state index is -4.40. The monoisotopic (exact) mass is 295 g/mol. The van der Waals surface area contributed by atoms with Crippen molar-refractivity contribution in [2.24, 2.45) is 0 Å². The molecule has 0 unspecified atom stereocenters. The number of hydrogen-bond donors (Lipinski definition) is 1. The van der Waals surface area contributed by atoms with Crippen LogP contribution in [0.25, 0.3) is 0 Å². The summed E-state index contributed by atoms with van der Waals surface area (Å²) < 4.78 is 42.4. The summed E-state index contributed by atoms with van der Waals surface area (Å²) in [6.45, 7) is 0. The molecule has 0 saturated heterocycles. The van der Waals surface area contributed by atoms with Crippen molar-refractivity contribution in [1.29, 1.82) is 0 Å². The van der Waals surface area contributed by atoms with Crippen molar-refractivity contribution in [3.63, 3.8) is 0 Å². The molecule has 21 heavy (non-hydrogen) atoms. The lowest BCUT2D eigenvalue weighted by Gasteiger charge is -2.10. The van der Waals surface area contributed by atoms with E-state index in [4.69, 9.17) is 4.74 Å². The van der Waals surface area contributed by atoms with Crippen molar-refractivity contribution in [2.45, 2.75) is 6.18 Å². The molecule has 110 valence electrons. The molecular formula is C15H12F3NO2. The Balaban J connectivity index is 2.16. The van der Waals surface area contributed by atoms with Crippen molar-refractivity contribution in [1.82, 2.24) is 0 Å². The van der Waals surface area contributed by atoms with Crippen LogP contribution in [0.1, 0.15) is 15.9 Å². The molecule has 3 nitrogen and oxygen atoms in total. The molecule has 0 aliphatic rings. The molecule has 0 aliphatic heterocycles. The molecule has 0 saturated carbocycles. The van der Waals surface area contributed by atoms with Crippen LogP contribution in [0.4, 0.5) is 18.9 Å². The topological polar surface area (TPSA) is 38.3 Å². The fourth-order valence-corrected chi connectivity index (χ4v) is 1.77. The fourth-order valence-electron chi connectivity index (χ4n) is 1.77. The third kappa shape index (κ3) is 3.53. The first-order chi connectivity index (χ1) is 9.91. The second kappa shape index (κ2) is 5.87. The van der Waals surface area contributed by atoms with Gasteiger partial charge in [0.15, 0.2) is 0 Å². The SMILES string of the molecule is COc1ccccc1C(=O)Nc1ccc(C(F)(F)F)cc1. The lowest BCUT2D eigenvalue weighted by atomic mass is 10.1. The number of amides is 1. The quantitative estimate of drug-likeness (QED) is 0.930. The van der Waals surface area contributed by atoms with E-state index in [0.29, 0.717) is 11.3 Å². The van der Waals surface area contributed by atoms with Crippen LogP contribution in [0.3, 0.4) is 0 Å². The van der Waals surface area contributed by atoms with Gasteiger partial charge in [-0.3, -0.25) is 4.79 Å². The number of benzene rings is 2. The van der Waals surface area contributed by atoms with E-state index >= 15 is 0 Å². The highest BCUT2D eigenvalue weighted by atomic mass is 19.4. The molecule has 1 N–H and O–H groups in total. The molecule has 0 aromatic heterocycles. The number of nitrogens with one attached hydrogen (secondary N) is 1. The second-order valence-corrected chi connectivity index (χ2v) is 4.23. The van der Waals surface area contributed by atoms with Crippen LogP contribution in [0, 0.1) is 0 Å². The van der Waals surface area contributed by atoms with Crippen LogP contribution < -0.4 is 10.1 Å². The smallest absolute Gasteiger partial charge is 0.416 e. The zero-order chi connectivity index (χ0) is 15.5. The molecule has 6 heteroatoms. The van der Waals surface area contributed by atoms with E-state index in [-0.39, 0.29) is 5.69 Å². The van der Waals surface area contributed by atoms with Crippen LogP contribution >= 0.6 is 0 Å². The summed E-state index contributed by atoms with van der Waals surface area (Å²) >= 11 is 0. The molecule has 0 bridgehead atoms. The highest BCUT2D eigenvalue weighted by molar-refractivity contribution is 6.06. The van der Waals surface area contributed by atoms with Gasteiger partial charge in [-0.25, -0.2) is 0 Å². The molecule has 2 aromatic rings. The minimum absolute atomic E-state index is 0.277. The minimum Gasteiger partial charge on any atom is -0.496 e. The Morgan fingerprint density at radius 2 is 1.67 bits per heavy atom. The van der Waals surface area contributed by atoms with Gasteiger partial charge in [0, 0.05) is 5.69 Å². The van der Waals surface area contributed by atoms with E-state index in [1.165, 1.54) is 19.2 Å². The largest absolute Gasteiger partial charge is 0.496 e. The second-order valence-electron chi connectivity index (χ2n) is 4.23. The third-order valence-electron chi connectivity index (χ3n) is 2.82. The Morgan fingerprint density at radius 3 is 2.24 bits per heavy atom. The molecule has 0 aliphatic carbocycles. The maximum absolute atomic E-state index is 12.4. The molecule has 0 spiro atoms. The maximum atomic E-state index is 12.4. The summed E-state index contributed by atoms with van der Waals surface area (Å²) in [6.07, 6.45) is -4.40. The Bertz CT molecular complexity index is 636. The van der Waals surface area contributed by atoms with Crippen molar-refractivity contribution in [3.05, 3.63) is 59.7 Å². The Hall–Kier alpha value is -2.50. The first-order valence-corrected chi connectivity index (χ1v) is 6.03. The van der Waals surface area contributed by atoms with Gasteiger partial charge in [0.1, 0.15) is 5.75 Å². The predicted octanol–water partition coefficient (Wildman–Crippen LogP) is 3.97. The van der Waals surface area contributed by atoms with Crippen LogP contribution in [0.2, 0.25) is 0 Å². The van der Waals surface area contributed by atoms with Crippen LogP contribution in [0.5, 0.6) is 5.75 Å². The lowest BCUT2D eigenvalue weighted by molar-refractivity contribution is -0.137. The molecule has 0 fully saturated rings.